The fraction of sp³-hybridized carbons (Fsp3) is 0.600. The lowest BCUT2D eigenvalue weighted by Crippen LogP contribution is -2.30. The molecule has 1 rings (SSSR count). The second-order valence-corrected chi connectivity index (χ2v) is 4.77. The fourth-order valence-corrected chi connectivity index (χ4v) is 2.26. The van der Waals surface area contributed by atoms with Crippen molar-refractivity contribution in [3.8, 4) is 0 Å². The third-order valence-corrected chi connectivity index (χ3v) is 3.56. The molecule has 0 unspecified atom stereocenters. The lowest BCUT2D eigenvalue weighted by Gasteiger charge is -2.25. The fourth-order valence-electron chi connectivity index (χ4n) is 2.26. The van der Waals surface area contributed by atoms with Crippen LogP contribution in [0, 0.1) is 5.41 Å². The van der Waals surface area contributed by atoms with Gasteiger partial charge in [0.15, 0.2) is 0 Å². The number of anilines is 1. The van der Waals surface area contributed by atoms with Crippen molar-refractivity contribution < 1.29 is 0 Å². The Hall–Kier alpha value is -1.62. The standard InChI is InChI=1S/C15H27N5/c1-4-19(5-2)10-7-11-20(6-3)13-8-9-18-14(12-13)15(16)17/h8-9,12H,4-7,10-11H2,1-3H3,(H3,16,17). The zero-order valence-electron chi connectivity index (χ0n) is 12.9. The van der Waals surface area contributed by atoms with Crippen LogP contribution in [0.5, 0.6) is 0 Å². The quantitative estimate of drug-likeness (QED) is 0.534. The van der Waals surface area contributed by atoms with Crippen LogP contribution in [0.3, 0.4) is 0 Å². The molecule has 20 heavy (non-hydrogen) atoms. The lowest BCUT2D eigenvalue weighted by atomic mass is 10.2. The van der Waals surface area contributed by atoms with Gasteiger partial charge in [0.05, 0.1) is 0 Å². The monoisotopic (exact) mass is 277 g/mol. The second kappa shape index (κ2) is 8.53. The van der Waals surface area contributed by atoms with Gasteiger partial charge in [-0.1, -0.05) is 13.8 Å². The van der Waals surface area contributed by atoms with Gasteiger partial charge in [-0.2, -0.15) is 0 Å². The first-order chi connectivity index (χ1) is 9.62. The first-order valence-corrected chi connectivity index (χ1v) is 7.40. The van der Waals surface area contributed by atoms with Gasteiger partial charge in [-0.05, 0) is 45.1 Å². The molecule has 1 aromatic heterocycles. The maximum absolute atomic E-state index is 7.46. The van der Waals surface area contributed by atoms with E-state index in [1.165, 1.54) is 0 Å². The van der Waals surface area contributed by atoms with Gasteiger partial charge in [-0.15, -0.1) is 0 Å². The molecule has 1 aromatic rings. The van der Waals surface area contributed by atoms with E-state index in [4.69, 9.17) is 11.1 Å². The van der Waals surface area contributed by atoms with Crippen molar-refractivity contribution in [1.82, 2.24) is 9.88 Å². The highest BCUT2D eigenvalue weighted by Gasteiger charge is 2.07. The van der Waals surface area contributed by atoms with Crippen molar-refractivity contribution >= 4 is 11.5 Å². The zero-order chi connectivity index (χ0) is 15.0. The lowest BCUT2D eigenvalue weighted by molar-refractivity contribution is 0.301. The third-order valence-electron chi connectivity index (χ3n) is 3.56. The Morgan fingerprint density at radius 2 is 1.90 bits per heavy atom. The molecule has 0 aromatic carbocycles. The molecule has 3 N–H and O–H groups in total. The van der Waals surface area contributed by atoms with Gasteiger partial charge >= 0.3 is 0 Å². The van der Waals surface area contributed by atoms with Crippen molar-refractivity contribution in [3.05, 3.63) is 24.0 Å². The number of nitrogens with zero attached hydrogens (tertiary/aromatic N) is 3. The number of aromatic nitrogens is 1. The molecule has 0 atom stereocenters. The van der Waals surface area contributed by atoms with Crippen molar-refractivity contribution in [1.29, 1.82) is 5.41 Å². The molecule has 0 spiro atoms. The molecule has 112 valence electrons. The van der Waals surface area contributed by atoms with Gasteiger partial charge in [0.25, 0.3) is 0 Å². The molecule has 0 aliphatic heterocycles. The van der Waals surface area contributed by atoms with Crippen LogP contribution in [0.4, 0.5) is 5.69 Å². The van der Waals surface area contributed by atoms with Crippen LogP contribution in [-0.4, -0.2) is 48.4 Å². The van der Waals surface area contributed by atoms with Crippen molar-refractivity contribution in [2.24, 2.45) is 5.73 Å². The van der Waals surface area contributed by atoms with E-state index in [0.29, 0.717) is 5.69 Å². The molecule has 5 nitrogen and oxygen atoms in total. The Kier molecular flexibility index (Phi) is 7.01. The Morgan fingerprint density at radius 3 is 2.45 bits per heavy atom. The summed E-state index contributed by atoms with van der Waals surface area (Å²) in [5, 5.41) is 7.46. The first-order valence-electron chi connectivity index (χ1n) is 7.40. The maximum atomic E-state index is 7.46. The molecule has 0 saturated carbocycles. The van der Waals surface area contributed by atoms with Crippen LogP contribution in [0.2, 0.25) is 0 Å². The molecule has 0 aliphatic carbocycles. The van der Waals surface area contributed by atoms with E-state index in [-0.39, 0.29) is 5.84 Å². The summed E-state index contributed by atoms with van der Waals surface area (Å²) in [6, 6.07) is 3.87. The van der Waals surface area contributed by atoms with Crippen molar-refractivity contribution in [2.45, 2.75) is 27.2 Å². The highest BCUT2D eigenvalue weighted by atomic mass is 15.1. The van der Waals surface area contributed by atoms with Crippen LogP contribution in [-0.2, 0) is 0 Å². The average Bonchev–Trinajstić information content (AvgIpc) is 2.48. The molecule has 1 heterocycles. The molecular formula is C15H27N5. The second-order valence-electron chi connectivity index (χ2n) is 4.77. The van der Waals surface area contributed by atoms with Crippen molar-refractivity contribution in [2.75, 3.05) is 37.6 Å². The van der Waals surface area contributed by atoms with Gasteiger partial charge in [0, 0.05) is 25.0 Å². The molecule has 0 radical (unpaired) electrons. The van der Waals surface area contributed by atoms with Gasteiger partial charge in [0.1, 0.15) is 11.5 Å². The summed E-state index contributed by atoms with van der Waals surface area (Å²) in [6.45, 7) is 11.8. The smallest absolute Gasteiger partial charge is 0.141 e. The SMILES string of the molecule is CCN(CC)CCCN(CC)c1ccnc(C(=N)N)c1. The Labute approximate surface area is 122 Å². The summed E-state index contributed by atoms with van der Waals surface area (Å²) in [5.41, 5.74) is 7.13. The average molecular weight is 277 g/mol. The molecule has 5 heteroatoms. The largest absolute Gasteiger partial charge is 0.382 e. The predicted octanol–water partition coefficient (Wildman–Crippen LogP) is 1.92. The number of pyridine rings is 1. The number of hydrogen-bond acceptors (Lipinski definition) is 4. The minimum absolute atomic E-state index is 0.0195. The van der Waals surface area contributed by atoms with Crippen LogP contribution in [0.1, 0.15) is 32.9 Å². The van der Waals surface area contributed by atoms with Gasteiger partial charge in [-0.25, -0.2) is 0 Å². The van der Waals surface area contributed by atoms with E-state index in [2.05, 4.69) is 35.6 Å². The topological polar surface area (TPSA) is 69.2 Å². The number of nitrogens with two attached hydrogens (primary N) is 1. The summed E-state index contributed by atoms with van der Waals surface area (Å²) < 4.78 is 0. The summed E-state index contributed by atoms with van der Waals surface area (Å²) >= 11 is 0. The highest BCUT2D eigenvalue weighted by Crippen LogP contribution is 2.14. The van der Waals surface area contributed by atoms with Crippen LogP contribution in [0.15, 0.2) is 18.3 Å². The van der Waals surface area contributed by atoms with Gasteiger partial charge < -0.3 is 15.5 Å². The molecule has 0 fully saturated rings. The zero-order valence-corrected chi connectivity index (χ0v) is 12.9. The van der Waals surface area contributed by atoms with Crippen LogP contribution >= 0.6 is 0 Å². The predicted molar refractivity (Wildman–Crippen MR) is 85.5 cm³/mol. The van der Waals surface area contributed by atoms with E-state index in [9.17, 15) is 0 Å². The van der Waals surface area contributed by atoms with E-state index < -0.39 is 0 Å². The number of hydrogen-bond donors (Lipinski definition) is 2. The van der Waals surface area contributed by atoms with E-state index in [1.807, 2.05) is 12.1 Å². The van der Waals surface area contributed by atoms with Crippen LogP contribution < -0.4 is 10.6 Å². The minimum atomic E-state index is 0.0195. The number of amidine groups is 1. The summed E-state index contributed by atoms with van der Waals surface area (Å²) in [5.74, 6) is 0.0195. The van der Waals surface area contributed by atoms with Gasteiger partial charge in [-0.3, -0.25) is 10.4 Å². The minimum Gasteiger partial charge on any atom is -0.382 e. The Bertz CT molecular complexity index is 414. The number of nitrogens with one attached hydrogen (secondary N) is 1. The van der Waals surface area contributed by atoms with Gasteiger partial charge in [0.2, 0.25) is 0 Å². The number of rotatable bonds is 9. The Balaban J connectivity index is 2.62. The summed E-state index contributed by atoms with van der Waals surface area (Å²) in [6.07, 6.45) is 2.85. The first kappa shape index (κ1) is 16.4. The van der Waals surface area contributed by atoms with E-state index >= 15 is 0 Å². The number of nitrogen functional groups attached to an aromatic ring is 1. The Morgan fingerprint density at radius 1 is 1.20 bits per heavy atom. The van der Waals surface area contributed by atoms with Crippen molar-refractivity contribution in [3.63, 3.8) is 0 Å². The molecule has 0 bridgehead atoms. The maximum Gasteiger partial charge on any atom is 0.141 e. The summed E-state index contributed by atoms with van der Waals surface area (Å²) in [4.78, 5) is 8.84. The van der Waals surface area contributed by atoms with Crippen LogP contribution in [0.25, 0.3) is 0 Å². The highest BCUT2D eigenvalue weighted by molar-refractivity contribution is 5.93. The van der Waals surface area contributed by atoms with E-state index in [1.54, 1.807) is 6.20 Å². The van der Waals surface area contributed by atoms with E-state index in [0.717, 1.165) is 44.8 Å². The molecule has 0 amide bonds. The summed E-state index contributed by atoms with van der Waals surface area (Å²) in [7, 11) is 0. The third kappa shape index (κ3) is 4.81. The molecular weight excluding hydrogens is 250 g/mol. The normalized spacial score (nSPS) is 10.8. The molecule has 0 aliphatic rings. The molecule has 0 saturated heterocycles.